The fraction of sp³-hybridized carbons (Fsp3) is 0.0435. The first-order valence-electron chi connectivity index (χ1n) is 9.34. The number of hydrogen-bond acceptors (Lipinski definition) is 3. The van der Waals surface area contributed by atoms with Crippen molar-refractivity contribution in [2.75, 3.05) is 0 Å². The highest BCUT2D eigenvalue weighted by Crippen LogP contribution is 2.45. The molecule has 4 aromatic carbocycles. The van der Waals surface area contributed by atoms with Crippen molar-refractivity contribution in [2.24, 2.45) is 5.14 Å². The van der Waals surface area contributed by atoms with Gasteiger partial charge in [0, 0.05) is 15.4 Å². The third-order valence-electron chi connectivity index (χ3n) is 4.89. The molecule has 170 valence electrons. The van der Waals surface area contributed by atoms with Crippen LogP contribution in [0.4, 0.5) is 13.2 Å². The molecule has 0 aliphatic rings. The Labute approximate surface area is 202 Å². The Morgan fingerprint density at radius 2 is 1.55 bits per heavy atom. The van der Waals surface area contributed by atoms with Crippen LogP contribution in [-0.4, -0.2) is 8.42 Å². The zero-order valence-corrected chi connectivity index (χ0v) is 19.7. The topological polar surface area (TPSA) is 60.2 Å². The number of hydrogen-bond donors (Lipinski definition) is 1. The average Bonchev–Trinajstić information content (AvgIpc) is 2.73. The van der Waals surface area contributed by atoms with Crippen LogP contribution in [-0.2, 0) is 16.2 Å². The van der Waals surface area contributed by atoms with Gasteiger partial charge in [0.15, 0.2) is 0 Å². The highest BCUT2D eigenvalue weighted by molar-refractivity contribution is 7.99. The molecule has 10 heteroatoms. The molecule has 4 rings (SSSR count). The molecule has 0 bridgehead atoms. The number of halogens is 5. The van der Waals surface area contributed by atoms with Gasteiger partial charge in [0.25, 0.3) is 0 Å². The Balaban J connectivity index is 1.78. The molecule has 2 N–H and O–H groups in total. The van der Waals surface area contributed by atoms with Crippen molar-refractivity contribution >= 4 is 55.8 Å². The Kier molecular flexibility index (Phi) is 6.41. The summed E-state index contributed by atoms with van der Waals surface area (Å²) in [5.74, 6) is 0. The minimum atomic E-state index is -4.78. The van der Waals surface area contributed by atoms with E-state index >= 15 is 0 Å². The summed E-state index contributed by atoms with van der Waals surface area (Å²) in [5.41, 5.74) is -1.57. The molecule has 0 saturated heterocycles. The van der Waals surface area contributed by atoms with E-state index in [-0.39, 0.29) is 10.6 Å². The van der Waals surface area contributed by atoms with E-state index in [9.17, 15) is 21.6 Å². The highest BCUT2D eigenvalue weighted by atomic mass is 35.5. The van der Waals surface area contributed by atoms with Gasteiger partial charge in [0.1, 0.15) is 4.90 Å². The van der Waals surface area contributed by atoms with Gasteiger partial charge in [-0.2, -0.15) is 13.2 Å². The van der Waals surface area contributed by atoms with E-state index < -0.39 is 37.2 Å². The van der Waals surface area contributed by atoms with Gasteiger partial charge < -0.3 is 0 Å². The molecule has 0 fully saturated rings. The molecule has 0 atom stereocenters. The summed E-state index contributed by atoms with van der Waals surface area (Å²) in [5, 5.41) is 6.81. The van der Waals surface area contributed by atoms with Crippen LogP contribution in [0.25, 0.3) is 21.9 Å². The van der Waals surface area contributed by atoms with Crippen LogP contribution < -0.4 is 5.14 Å². The molecule has 0 aromatic heterocycles. The second-order valence-electron chi connectivity index (χ2n) is 7.10. The summed E-state index contributed by atoms with van der Waals surface area (Å²) in [6.45, 7) is 0. The molecule has 0 heterocycles. The fourth-order valence-electron chi connectivity index (χ4n) is 3.39. The molecule has 0 amide bonds. The Bertz CT molecular complexity index is 1490. The number of rotatable bonds is 4. The van der Waals surface area contributed by atoms with E-state index in [2.05, 4.69) is 0 Å². The summed E-state index contributed by atoms with van der Waals surface area (Å²) in [7, 11) is -4.34. The largest absolute Gasteiger partial charge is 0.417 e. The predicted octanol–water partition coefficient (Wildman–Crippen LogP) is 7.63. The number of sulfonamides is 1. The van der Waals surface area contributed by atoms with Crippen molar-refractivity contribution in [3.8, 4) is 11.1 Å². The van der Waals surface area contributed by atoms with Crippen molar-refractivity contribution in [1.82, 2.24) is 0 Å². The van der Waals surface area contributed by atoms with Gasteiger partial charge in [-0.25, -0.2) is 13.6 Å². The first kappa shape index (κ1) is 23.9. The summed E-state index contributed by atoms with van der Waals surface area (Å²) < 4.78 is 64.6. The molecular formula is C23H14Cl2F3NO2S2. The van der Waals surface area contributed by atoms with Gasteiger partial charge in [0.2, 0.25) is 10.0 Å². The van der Waals surface area contributed by atoms with Crippen LogP contribution in [0.5, 0.6) is 0 Å². The lowest BCUT2D eigenvalue weighted by Gasteiger charge is -2.17. The first-order valence-corrected chi connectivity index (χ1v) is 12.5. The molecule has 0 unspecified atom stereocenters. The number of benzene rings is 4. The van der Waals surface area contributed by atoms with E-state index in [1.807, 2.05) is 42.5 Å². The van der Waals surface area contributed by atoms with Crippen molar-refractivity contribution < 1.29 is 21.6 Å². The molecule has 4 aromatic rings. The quantitative estimate of drug-likeness (QED) is 0.296. The lowest BCUT2D eigenvalue weighted by molar-refractivity contribution is -0.137. The molecular weight excluding hydrogens is 514 g/mol. The standard InChI is InChI=1S/C23H14Cl2F3NO2S2/c24-18-12-15(21-17(23(26,27)28)8-10-20(22(21)25)33(29,30)31)6-9-19(18)32-16-7-5-13-3-1-2-4-14(13)11-16/h1-12H,(H2,29,30,31). The maximum atomic E-state index is 13.7. The summed E-state index contributed by atoms with van der Waals surface area (Å²) in [4.78, 5) is 0.912. The predicted molar refractivity (Wildman–Crippen MR) is 126 cm³/mol. The van der Waals surface area contributed by atoms with Crippen molar-refractivity contribution in [3.63, 3.8) is 0 Å². The molecule has 0 spiro atoms. The Morgan fingerprint density at radius 1 is 0.848 bits per heavy atom. The van der Waals surface area contributed by atoms with Crippen LogP contribution in [0.3, 0.4) is 0 Å². The average molecular weight is 528 g/mol. The number of primary sulfonamides is 1. The third kappa shape index (κ3) is 5.00. The van der Waals surface area contributed by atoms with E-state index in [0.29, 0.717) is 11.0 Å². The number of alkyl halides is 3. The summed E-state index contributed by atoms with van der Waals surface area (Å²) >= 11 is 13.9. The van der Waals surface area contributed by atoms with Gasteiger partial charge in [-0.3, -0.25) is 0 Å². The van der Waals surface area contributed by atoms with Gasteiger partial charge in [0.05, 0.1) is 15.6 Å². The maximum Gasteiger partial charge on any atom is 0.417 e. The third-order valence-corrected chi connectivity index (χ3v) is 7.84. The number of fused-ring (bicyclic) bond motifs is 1. The van der Waals surface area contributed by atoms with Gasteiger partial charge >= 0.3 is 6.18 Å². The van der Waals surface area contributed by atoms with Crippen LogP contribution in [0.2, 0.25) is 10.0 Å². The smallest absolute Gasteiger partial charge is 0.225 e. The van der Waals surface area contributed by atoms with E-state index in [1.165, 1.54) is 23.9 Å². The zero-order chi connectivity index (χ0) is 24.0. The van der Waals surface area contributed by atoms with Crippen LogP contribution in [0, 0.1) is 0 Å². The van der Waals surface area contributed by atoms with E-state index in [0.717, 1.165) is 21.7 Å². The molecule has 0 radical (unpaired) electrons. The van der Waals surface area contributed by atoms with Crippen LogP contribution in [0.15, 0.2) is 87.5 Å². The van der Waals surface area contributed by atoms with E-state index in [1.54, 1.807) is 6.07 Å². The lowest BCUT2D eigenvalue weighted by atomic mass is 9.99. The zero-order valence-electron chi connectivity index (χ0n) is 16.5. The maximum absolute atomic E-state index is 13.7. The first-order chi connectivity index (χ1) is 15.4. The molecule has 3 nitrogen and oxygen atoms in total. The number of nitrogens with two attached hydrogens (primary N) is 1. The lowest BCUT2D eigenvalue weighted by Crippen LogP contribution is -2.15. The molecule has 0 aliphatic heterocycles. The van der Waals surface area contributed by atoms with Gasteiger partial charge in [-0.05, 0) is 52.7 Å². The molecule has 0 aliphatic carbocycles. The monoisotopic (exact) mass is 527 g/mol. The molecule has 0 saturated carbocycles. The van der Waals surface area contributed by atoms with Crippen LogP contribution >= 0.6 is 35.0 Å². The van der Waals surface area contributed by atoms with Gasteiger partial charge in [-0.1, -0.05) is 71.4 Å². The van der Waals surface area contributed by atoms with Crippen molar-refractivity contribution in [3.05, 3.63) is 88.4 Å². The highest BCUT2D eigenvalue weighted by Gasteiger charge is 2.36. The van der Waals surface area contributed by atoms with Crippen molar-refractivity contribution in [2.45, 2.75) is 20.9 Å². The summed E-state index contributed by atoms with van der Waals surface area (Å²) in [6.07, 6.45) is -4.78. The SMILES string of the molecule is NS(=O)(=O)c1ccc(C(F)(F)F)c(-c2ccc(Sc3ccc4ccccc4c3)c(Cl)c2)c1Cl. The van der Waals surface area contributed by atoms with Gasteiger partial charge in [-0.15, -0.1) is 0 Å². The van der Waals surface area contributed by atoms with E-state index in [4.69, 9.17) is 28.3 Å². The minimum Gasteiger partial charge on any atom is -0.225 e. The summed E-state index contributed by atoms with van der Waals surface area (Å²) in [6, 6.07) is 19.4. The Hall–Kier alpha value is -2.23. The second kappa shape index (κ2) is 8.85. The molecule has 33 heavy (non-hydrogen) atoms. The minimum absolute atomic E-state index is 0.0192. The van der Waals surface area contributed by atoms with Crippen molar-refractivity contribution in [1.29, 1.82) is 0 Å². The second-order valence-corrected chi connectivity index (χ2v) is 10.5. The van der Waals surface area contributed by atoms with Crippen LogP contribution in [0.1, 0.15) is 5.56 Å². The fourth-order valence-corrected chi connectivity index (χ4v) is 5.76. The Morgan fingerprint density at radius 3 is 2.18 bits per heavy atom. The normalized spacial score (nSPS) is 12.3.